The van der Waals surface area contributed by atoms with Crippen LogP contribution in [0.5, 0.6) is 0 Å². The van der Waals surface area contributed by atoms with E-state index in [2.05, 4.69) is 29.7 Å². The first-order valence-electron chi connectivity index (χ1n) is 9.70. The minimum absolute atomic E-state index is 0.0778. The van der Waals surface area contributed by atoms with Gasteiger partial charge in [0.2, 0.25) is 0 Å². The Morgan fingerprint density at radius 3 is 2.42 bits per heavy atom. The van der Waals surface area contributed by atoms with Crippen molar-refractivity contribution in [2.45, 2.75) is 58.4 Å². The summed E-state index contributed by atoms with van der Waals surface area (Å²) in [5.41, 5.74) is 2.10. The largest absolute Gasteiger partial charge is 0.450 e. The number of hydrogen-bond acceptors (Lipinski definition) is 3. The van der Waals surface area contributed by atoms with Crippen LogP contribution in [0.25, 0.3) is 0 Å². The van der Waals surface area contributed by atoms with Crippen LogP contribution < -0.4 is 10.6 Å². The average molecular weight is 361 g/mol. The van der Waals surface area contributed by atoms with Gasteiger partial charge in [0.05, 0.1) is 6.61 Å². The number of piperidine rings is 1. The first-order chi connectivity index (χ1) is 12.6. The molecule has 0 atom stereocenters. The summed E-state index contributed by atoms with van der Waals surface area (Å²) in [5.74, 6) is 0. The van der Waals surface area contributed by atoms with E-state index in [9.17, 15) is 9.59 Å². The van der Waals surface area contributed by atoms with Gasteiger partial charge in [-0.05, 0) is 50.3 Å². The van der Waals surface area contributed by atoms with E-state index in [4.69, 9.17) is 4.74 Å². The first-order valence-corrected chi connectivity index (χ1v) is 9.70. The molecule has 1 saturated heterocycles. The van der Waals surface area contributed by atoms with Gasteiger partial charge >= 0.3 is 12.1 Å². The Hall–Kier alpha value is -2.24. The molecule has 3 amide bonds. The molecule has 0 aliphatic carbocycles. The molecule has 1 heterocycles. The van der Waals surface area contributed by atoms with E-state index in [0.717, 1.165) is 24.9 Å². The third-order valence-corrected chi connectivity index (χ3v) is 4.64. The minimum Gasteiger partial charge on any atom is -0.450 e. The lowest BCUT2D eigenvalue weighted by Gasteiger charge is -2.31. The van der Waals surface area contributed by atoms with Crippen molar-refractivity contribution in [2.24, 2.45) is 0 Å². The van der Waals surface area contributed by atoms with E-state index < -0.39 is 0 Å². The van der Waals surface area contributed by atoms with Crippen molar-refractivity contribution in [3.05, 3.63) is 29.8 Å². The number of rotatable bonds is 7. The lowest BCUT2D eigenvalue weighted by Crippen LogP contribution is -2.47. The van der Waals surface area contributed by atoms with Gasteiger partial charge in [-0.1, -0.05) is 31.9 Å². The van der Waals surface area contributed by atoms with Crippen molar-refractivity contribution < 1.29 is 14.3 Å². The summed E-state index contributed by atoms with van der Waals surface area (Å²) in [6, 6.07) is 7.92. The van der Waals surface area contributed by atoms with E-state index in [0.29, 0.717) is 19.7 Å². The molecule has 0 unspecified atom stereocenters. The third-order valence-electron chi connectivity index (χ3n) is 4.64. The summed E-state index contributed by atoms with van der Waals surface area (Å²) in [4.78, 5) is 25.5. The number of likely N-dealkylation sites (tertiary alicyclic amines) is 1. The summed E-state index contributed by atoms with van der Waals surface area (Å²) in [6.45, 7) is 5.60. The molecular weight excluding hydrogens is 330 g/mol. The fourth-order valence-corrected chi connectivity index (χ4v) is 3.11. The number of ether oxygens (including phenoxy) is 1. The molecule has 6 heteroatoms. The van der Waals surface area contributed by atoms with Gasteiger partial charge in [-0.3, -0.25) is 0 Å². The quantitative estimate of drug-likeness (QED) is 0.716. The highest BCUT2D eigenvalue weighted by molar-refractivity contribution is 5.89. The van der Waals surface area contributed by atoms with Gasteiger partial charge in [-0.25, -0.2) is 9.59 Å². The fraction of sp³-hybridized carbons (Fsp3) is 0.600. The second kappa shape index (κ2) is 10.7. The summed E-state index contributed by atoms with van der Waals surface area (Å²) in [5, 5.41) is 5.87. The maximum atomic E-state index is 12.2. The standard InChI is InChI=1S/C20H31N3O3/c1-3-5-6-7-16-8-10-17(11-9-16)21-19(24)22-18-12-14-23(15-13-18)20(25)26-4-2/h8-11,18H,3-7,12-15H2,1-2H3,(H2,21,22,24). The number of urea groups is 1. The van der Waals surface area contributed by atoms with Gasteiger partial charge in [0.1, 0.15) is 0 Å². The van der Waals surface area contributed by atoms with Crippen molar-refractivity contribution in [2.75, 3.05) is 25.0 Å². The maximum absolute atomic E-state index is 12.2. The van der Waals surface area contributed by atoms with Crippen molar-refractivity contribution >= 4 is 17.8 Å². The van der Waals surface area contributed by atoms with Crippen LogP contribution in [-0.2, 0) is 11.2 Å². The summed E-state index contributed by atoms with van der Waals surface area (Å²) in [6.07, 6.45) is 5.96. The Bertz CT molecular complexity index is 566. The molecule has 0 radical (unpaired) electrons. The van der Waals surface area contributed by atoms with Crippen molar-refractivity contribution in [1.29, 1.82) is 0 Å². The molecule has 0 spiro atoms. The number of amides is 3. The van der Waals surface area contributed by atoms with Crippen molar-refractivity contribution in [1.82, 2.24) is 10.2 Å². The van der Waals surface area contributed by atoms with E-state index in [1.165, 1.54) is 24.8 Å². The third kappa shape index (κ3) is 6.58. The van der Waals surface area contributed by atoms with Gasteiger partial charge in [0, 0.05) is 24.8 Å². The van der Waals surface area contributed by atoms with Crippen LogP contribution in [-0.4, -0.2) is 42.8 Å². The Morgan fingerprint density at radius 2 is 1.81 bits per heavy atom. The molecule has 0 bridgehead atoms. The zero-order chi connectivity index (χ0) is 18.8. The molecule has 1 fully saturated rings. The molecule has 0 saturated carbocycles. The van der Waals surface area contributed by atoms with E-state index in [-0.39, 0.29) is 18.2 Å². The zero-order valence-electron chi connectivity index (χ0n) is 15.9. The van der Waals surface area contributed by atoms with E-state index in [1.54, 1.807) is 11.8 Å². The minimum atomic E-state index is -0.269. The number of benzene rings is 1. The number of anilines is 1. The molecule has 2 N–H and O–H groups in total. The summed E-state index contributed by atoms with van der Waals surface area (Å²) >= 11 is 0. The van der Waals surface area contributed by atoms with Gasteiger partial charge in [0.25, 0.3) is 0 Å². The van der Waals surface area contributed by atoms with Gasteiger partial charge in [-0.2, -0.15) is 0 Å². The van der Waals surface area contributed by atoms with Crippen LogP contribution >= 0.6 is 0 Å². The monoisotopic (exact) mass is 361 g/mol. The summed E-state index contributed by atoms with van der Waals surface area (Å²) < 4.78 is 5.00. The van der Waals surface area contributed by atoms with Crippen LogP contribution in [0.15, 0.2) is 24.3 Å². The average Bonchev–Trinajstić information content (AvgIpc) is 2.64. The molecule has 0 aromatic heterocycles. The van der Waals surface area contributed by atoms with Gasteiger partial charge < -0.3 is 20.3 Å². The maximum Gasteiger partial charge on any atom is 0.409 e. The second-order valence-electron chi connectivity index (χ2n) is 6.71. The van der Waals surface area contributed by atoms with E-state index >= 15 is 0 Å². The highest BCUT2D eigenvalue weighted by Crippen LogP contribution is 2.14. The number of nitrogens with zero attached hydrogens (tertiary/aromatic N) is 1. The highest BCUT2D eigenvalue weighted by atomic mass is 16.6. The SMILES string of the molecule is CCCCCc1ccc(NC(=O)NC2CCN(C(=O)OCC)CC2)cc1. The number of unbranched alkanes of at least 4 members (excludes halogenated alkanes) is 2. The molecule has 1 aromatic carbocycles. The number of hydrogen-bond donors (Lipinski definition) is 2. The van der Waals surface area contributed by atoms with Crippen LogP contribution in [0.4, 0.5) is 15.3 Å². The van der Waals surface area contributed by atoms with Crippen molar-refractivity contribution in [3.8, 4) is 0 Å². The molecule has 6 nitrogen and oxygen atoms in total. The van der Waals surface area contributed by atoms with Crippen LogP contribution in [0.1, 0.15) is 51.5 Å². The Morgan fingerprint density at radius 1 is 1.12 bits per heavy atom. The topological polar surface area (TPSA) is 70.7 Å². The number of nitrogens with one attached hydrogen (secondary N) is 2. The Kier molecular flexibility index (Phi) is 8.25. The Balaban J connectivity index is 1.71. The molecule has 144 valence electrons. The van der Waals surface area contributed by atoms with Gasteiger partial charge in [-0.15, -0.1) is 0 Å². The molecule has 26 heavy (non-hydrogen) atoms. The predicted octanol–water partition coefficient (Wildman–Crippen LogP) is 4.16. The molecule has 2 rings (SSSR count). The molecule has 1 aliphatic rings. The molecule has 1 aromatic rings. The second-order valence-corrected chi connectivity index (χ2v) is 6.71. The summed E-state index contributed by atoms with van der Waals surface area (Å²) in [7, 11) is 0. The lowest BCUT2D eigenvalue weighted by atomic mass is 10.1. The molecule has 1 aliphatic heterocycles. The normalized spacial score (nSPS) is 14.8. The Labute approximate surface area is 156 Å². The first kappa shape index (κ1) is 20.1. The van der Waals surface area contributed by atoms with Crippen molar-refractivity contribution in [3.63, 3.8) is 0 Å². The fourth-order valence-electron chi connectivity index (χ4n) is 3.11. The van der Waals surface area contributed by atoms with Crippen LogP contribution in [0, 0.1) is 0 Å². The predicted molar refractivity (Wildman–Crippen MR) is 103 cm³/mol. The molecular formula is C20H31N3O3. The highest BCUT2D eigenvalue weighted by Gasteiger charge is 2.24. The smallest absolute Gasteiger partial charge is 0.409 e. The van der Waals surface area contributed by atoms with Crippen LogP contribution in [0.3, 0.4) is 0 Å². The van der Waals surface area contributed by atoms with Crippen LogP contribution in [0.2, 0.25) is 0 Å². The zero-order valence-corrected chi connectivity index (χ0v) is 15.9. The number of carbonyl (C=O) groups excluding carboxylic acids is 2. The van der Waals surface area contributed by atoms with E-state index in [1.807, 2.05) is 12.1 Å². The van der Waals surface area contributed by atoms with Gasteiger partial charge in [0.15, 0.2) is 0 Å². The number of carbonyl (C=O) groups is 2. The lowest BCUT2D eigenvalue weighted by molar-refractivity contribution is 0.0959. The number of aryl methyl sites for hydroxylation is 1.